The third-order valence-corrected chi connectivity index (χ3v) is 3.24. The lowest BCUT2D eigenvalue weighted by Gasteiger charge is -2.12. The molecule has 0 bridgehead atoms. The second kappa shape index (κ2) is 5.40. The van der Waals surface area contributed by atoms with E-state index in [-0.39, 0.29) is 6.04 Å². The minimum Gasteiger partial charge on any atom is -0.469 e. The van der Waals surface area contributed by atoms with Crippen LogP contribution < -0.4 is 5.73 Å². The predicted molar refractivity (Wildman–Crippen MR) is 74.6 cm³/mol. The lowest BCUT2D eigenvalue weighted by molar-refractivity contribution is 0.505. The molecule has 0 spiro atoms. The first-order chi connectivity index (χ1) is 8.60. The van der Waals surface area contributed by atoms with E-state index in [2.05, 4.69) is 39.0 Å². The number of nitrogens with two attached hydrogens (primary N) is 1. The van der Waals surface area contributed by atoms with Crippen molar-refractivity contribution in [2.75, 3.05) is 0 Å². The molecule has 0 aliphatic rings. The van der Waals surface area contributed by atoms with Crippen LogP contribution in [0.25, 0.3) is 0 Å². The Morgan fingerprint density at radius 3 is 2.44 bits per heavy atom. The average Bonchev–Trinajstić information content (AvgIpc) is 2.75. The number of rotatable bonds is 4. The lowest BCUT2D eigenvalue weighted by atomic mass is 9.97. The summed E-state index contributed by atoms with van der Waals surface area (Å²) in [6, 6.07) is 8.60. The molecule has 2 aromatic rings. The van der Waals surface area contributed by atoms with E-state index in [4.69, 9.17) is 10.2 Å². The van der Waals surface area contributed by atoms with Crippen LogP contribution in [-0.4, -0.2) is 0 Å². The highest BCUT2D eigenvalue weighted by molar-refractivity contribution is 5.31. The van der Waals surface area contributed by atoms with Crippen molar-refractivity contribution in [1.29, 1.82) is 0 Å². The van der Waals surface area contributed by atoms with Crippen molar-refractivity contribution in [2.45, 2.75) is 39.7 Å². The summed E-state index contributed by atoms with van der Waals surface area (Å²) in [5.41, 5.74) is 11.3. The van der Waals surface area contributed by atoms with E-state index in [0.29, 0.717) is 0 Å². The van der Waals surface area contributed by atoms with Gasteiger partial charge in [0.15, 0.2) is 0 Å². The van der Waals surface area contributed by atoms with Crippen LogP contribution >= 0.6 is 0 Å². The van der Waals surface area contributed by atoms with Gasteiger partial charge in [0, 0.05) is 18.0 Å². The second-order valence-electron chi connectivity index (χ2n) is 4.96. The molecule has 2 nitrogen and oxygen atoms in total. The van der Waals surface area contributed by atoms with Gasteiger partial charge >= 0.3 is 0 Å². The molecule has 1 aromatic heterocycles. The highest BCUT2D eigenvalue weighted by atomic mass is 16.3. The molecule has 1 heterocycles. The van der Waals surface area contributed by atoms with Crippen LogP contribution in [0.1, 0.15) is 41.0 Å². The van der Waals surface area contributed by atoms with Gasteiger partial charge in [0.25, 0.3) is 0 Å². The average molecular weight is 243 g/mol. The molecule has 0 fully saturated rings. The summed E-state index contributed by atoms with van der Waals surface area (Å²) in [6.45, 7) is 6.33. The smallest absolute Gasteiger partial charge is 0.108 e. The first-order valence-corrected chi connectivity index (χ1v) is 6.49. The maximum absolute atomic E-state index is 6.29. The maximum atomic E-state index is 6.29. The van der Waals surface area contributed by atoms with Crippen LogP contribution in [0.15, 0.2) is 34.9 Å². The van der Waals surface area contributed by atoms with Crippen LogP contribution in [0.4, 0.5) is 0 Å². The van der Waals surface area contributed by atoms with Crippen LogP contribution in [0.3, 0.4) is 0 Å². The molecule has 96 valence electrons. The molecule has 1 atom stereocenters. The molecule has 0 radical (unpaired) electrons. The van der Waals surface area contributed by atoms with Gasteiger partial charge in [0.2, 0.25) is 0 Å². The summed E-state index contributed by atoms with van der Waals surface area (Å²) in [4.78, 5) is 0. The number of hydrogen-bond acceptors (Lipinski definition) is 2. The van der Waals surface area contributed by atoms with Gasteiger partial charge < -0.3 is 10.2 Å². The van der Waals surface area contributed by atoms with Gasteiger partial charge in [-0.2, -0.15) is 0 Å². The number of furan rings is 1. The summed E-state index contributed by atoms with van der Waals surface area (Å²) >= 11 is 0. The Morgan fingerprint density at radius 1 is 1.17 bits per heavy atom. The summed E-state index contributed by atoms with van der Waals surface area (Å²) < 4.78 is 5.44. The molecule has 2 N–H and O–H groups in total. The highest BCUT2D eigenvalue weighted by Crippen LogP contribution is 2.22. The topological polar surface area (TPSA) is 39.2 Å². The molecule has 0 aliphatic heterocycles. The van der Waals surface area contributed by atoms with Crippen LogP contribution in [0.2, 0.25) is 0 Å². The molecular formula is C16H21NO. The normalized spacial score (nSPS) is 12.7. The van der Waals surface area contributed by atoms with E-state index in [1.54, 1.807) is 6.26 Å². The summed E-state index contributed by atoms with van der Waals surface area (Å²) in [7, 11) is 0. The number of hydrogen-bond donors (Lipinski definition) is 1. The second-order valence-corrected chi connectivity index (χ2v) is 4.96. The van der Waals surface area contributed by atoms with E-state index in [9.17, 15) is 0 Å². The predicted octanol–water partition coefficient (Wildman–Crippen LogP) is 3.70. The Balaban J connectivity index is 2.18. The minimum absolute atomic E-state index is 0.0138. The zero-order valence-electron chi connectivity index (χ0n) is 11.4. The Morgan fingerprint density at radius 2 is 1.83 bits per heavy atom. The zero-order chi connectivity index (χ0) is 13.1. The van der Waals surface area contributed by atoms with E-state index in [1.165, 1.54) is 16.7 Å². The molecule has 0 aliphatic carbocycles. The molecule has 0 saturated heterocycles. The summed E-state index contributed by atoms with van der Waals surface area (Å²) in [6.07, 6.45) is 3.48. The summed E-state index contributed by atoms with van der Waals surface area (Å²) in [5.74, 6) is 1.01. The Kier molecular flexibility index (Phi) is 3.87. The first-order valence-electron chi connectivity index (χ1n) is 6.49. The highest BCUT2D eigenvalue weighted by Gasteiger charge is 2.13. The van der Waals surface area contributed by atoms with Gasteiger partial charge in [-0.15, -0.1) is 0 Å². The minimum atomic E-state index is 0.0138. The molecule has 0 amide bonds. The molecular weight excluding hydrogens is 222 g/mol. The third kappa shape index (κ3) is 2.82. The molecule has 1 unspecified atom stereocenters. The van der Waals surface area contributed by atoms with Crippen molar-refractivity contribution < 1.29 is 4.42 Å². The van der Waals surface area contributed by atoms with Gasteiger partial charge in [-0.1, -0.05) is 36.2 Å². The van der Waals surface area contributed by atoms with Crippen molar-refractivity contribution >= 4 is 0 Å². The quantitative estimate of drug-likeness (QED) is 0.889. The standard InChI is InChI=1S/C16H21NO/c1-4-16-14(5-6-18-16)15(17)10-13-8-11(2)7-12(3)9-13/h5-9,15H,4,10,17H2,1-3H3. The van der Waals surface area contributed by atoms with Gasteiger partial charge in [-0.05, 0) is 31.9 Å². The zero-order valence-corrected chi connectivity index (χ0v) is 11.4. The number of aryl methyl sites for hydroxylation is 3. The van der Waals surface area contributed by atoms with E-state index < -0.39 is 0 Å². The fourth-order valence-corrected chi connectivity index (χ4v) is 2.52. The molecule has 2 rings (SSSR count). The van der Waals surface area contributed by atoms with Gasteiger partial charge in [-0.3, -0.25) is 0 Å². The molecule has 18 heavy (non-hydrogen) atoms. The van der Waals surface area contributed by atoms with E-state index in [1.807, 2.05) is 6.07 Å². The van der Waals surface area contributed by atoms with E-state index >= 15 is 0 Å². The van der Waals surface area contributed by atoms with Crippen molar-refractivity contribution in [3.05, 3.63) is 58.5 Å². The SMILES string of the molecule is CCc1occc1C(N)Cc1cc(C)cc(C)c1. The fourth-order valence-electron chi connectivity index (χ4n) is 2.52. The Hall–Kier alpha value is -1.54. The molecule has 1 aromatic carbocycles. The van der Waals surface area contributed by atoms with Gasteiger partial charge in [0.1, 0.15) is 5.76 Å². The van der Waals surface area contributed by atoms with Crippen molar-refractivity contribution in [3.63, 3.8) is 0 Å². The first kappa shape index (κ1) is 12.9. The molecule has 2 heteroatoms. The largest absolute Gasteiger partial charge is 0.469 e. The third-order valence-electron chi connectivity index (χ3n) is 3.24. The van der Waals surface area contributed by atoms with Crippen LogP contribution in [-0.2, 0) is 12.8 Å². The monoisotopic (exact) mass is 243 g/mol. The van der Waals surface area contributed by atoms with Gasteiger partial charge in [-0.25, -0.2) is 0 Å². The number of benzene rings is 1. The Labute approximate surface area is 109 Å². The summed E-state index contributed by atoms with van der Waals surface area (Å²) in [5, 5.41) is 0. The van der Waals surface area contributed by atoms with Crippen LogP contribution in [0, 0.1) is 13.8 Å². The van der Waals surface area contributed by atoms with E-state index in [0.717, 1.165) is 24.2 Å². The fraction of sp³-hybridized carbons (Fsp3) is 0.375. The van der Waals surface area contributed by atoms with Crippen LogP contribution in [0.5, 0.6) is 0 Å². The van der Waals surface area contributed by atoms with Gasteiger partial charge in [0.05, 0.1) is 6.26 Å². The van der Waals surface area contributed by atoms with Crippen molar-refractivity contribution in [2.24, 2.45) is 5.73 Å². The molecule has 0 saturated carbocycles. The maximum Gasteiger partial charge on any atom is 0.108 e. The van der Waals surface area contributed by atoms with Crippen molar-refractivity contribution in [3.8, 4) is 0 Å². The lowest BCUT2D eigenvalue weighted by Crippen LogP contribution is -2.14. The Bertz CT molecular complexity index is 507. The van der Waals surface area contributed by atoms with Crippen molar-refractivity contribution in [1.82, 2.24) is 0 Å².